The molecule has 0 spiro atoms. The zero-order chi connectivity index (χ0) is 29.3. The molecule has 9 nitrogen and oxygen atoms in total. The van der Waals surface area contributed by atoms with Gasteiger partial charge in [0.1, 0.15) is 5.54 Å². The van der Waals surface area contributed by atoms with Crippen LogP contribution in [0.4, 0.5) is 24.8 Å². The second-order valence-electron chi connectivity index (χ2n) is 12.1. The van der Waals surface area contributed by atoms with Gasteiger partial charge >= 0.3 is 12.1 Å². The number of carbonyl (C=O) groups is 3. The van der Waals surface area contributed by atoms with Gasteiger partial charge in [0.05, 0.1) is 5.56 Å². The third-order valence-corrected chi connectivity index (χ3v) is 9.40. The van der Waals surface area contributed by atoms with Gasteiger partial charge in [0.15, 0.2) is 5.69 Å². The first kappa shape index (κ1) is 27.5. The van der Waals surface area contributed by atoms with Gasteiger partial charge in [0, 0.05) is 31.4 Å². The topological polar surface area (TPSA) is 125 Å². The smallest absolute Gasteiger partial charge is 0.434 e. The summed E-state index contributed by atoms with van der Waals surface area (Å²) in [5, 5.41) is 15.3. The summed E-state index contributed by atoms with van der Waals surface area (Å²) in [5.41, 5.74) is -1.19. The third kappa shape index (κ3) is 4.70. The molecule has 41 heavy (non-hydrogen) atoms. The van der Waals surface area contributed by atoms with E-state index < -0.39 is 34.8 Å². The molecule has 12 heteroatoms. The van der Waals surface area contributed by atoms with Gasteiger partial charge < -0.3 is 20.6 Å². The van der Waals surface area contributed by atoms with Gasteiger partial charge in [-0.25, -0.2) is 14.8 Å². The molecule has 0 radical (unpaired) electrons. The summed E-state index contributed by atoms with van der Waals surface area (Å²) in [4.78, 5) is 47.2. The van der Waals surface area contributed by atoms with E-state index in [2.05, 4.69) is 20.6 Å². The van der Waals surface area contributed by atoms with E-state index in [1.165, 1.54) is 0 Å². The summed E-state index contributed by atoms with van der Waals surface area (Å²) < 4.78 is 42.7. The highest BCUT2D eigenvalue weighted by atomic mass is 19.4. The number of amides is 2. The van der Waals surface area contributed by atoms with Crippen molar-refractivity contribution in [3.05, 3.63) is 46.8 Å². The maximum atomic E-state index is 14.2. The van der Waals surface area contributed by atoms with Gasteiger partial charge in [0.25, 0.3) is 5.91 Å². The third-order valence-electron chi connectivity index (χ3n) is 9.40. The second-order valence-corrected chi connectivity index (χ2v) is 12.1. The Bertz CT molecular complexity index is 1430. The number of anilines is 2. The van der Waals surface area contributed by atoms with Crippen molar-refractivity contribution < 1.29 is 32.7 Å². The molecule has 2 bridgehead atoms. The molecule has 6 rings (SSSR count). The highest BCUT2D eigenvalue weighted by Gasteiger charge is 2.56. The fourth-order valence-electron chi connectivity index (χ4n) is 7.46. The van der Waals surface area contributed by atoms with Crippen LogP contribution in [-0.4, -0.2) is 52.0 Å². The van der Waals surface area contributed by atoms with E-state index in [4.69, 9.17) is 0 Å². The van der Waals surface area contributed by atoms with Gasteiger partial charge in [-0.1, -0.05) is 19.1 Å². The number of nitrogens with zero attached hydrogens (tertiary/aromatic N) is 3. The highest BCUT2D eigenvalue weighted by Crippen LogP contribution is 2.51. The maximum absolute atomic E-state index is 14.2. The number of halogens is 3. The molecule has 1 aromatic heterocycles. The Morgan fingerprint density at radius 2 is 1.93 bits per heavy atom. The number of rotatable bonds is 6. The molecular formula is C29H32F3N5O4. The van der Waals surface area contributed by atoms with Crippen LogP contribution in [0, 0.1) is 23.7 Å². The molecule has 2 heterocycles. The van der Waals surface area contributed by atoms with Crippen molar-refractivity contribution in [3.8, 4) is 0 Å². The molecule has 3 aliphatic carbocycles. The van der Waals surface area contributed by atoms with E-state index in [9.17, 15) is 32.7 Å². The van der Waals surface area contributed by atoms with Crippen LogP contribution in [0.25, 0.3) is 0 Å². The lowest BCUT2D eigenvalue weighted by molar-refractivity contribution is -0.146. The van der Waals surface area contributed by atoms with Crippen LogP contribution < -0.4 is 15.5 Å². The molecule has 2 aromatic rings. The first-order valence-electron chi connectivity index (χ1n) is 14.0. The molecule has 6 atom stereocenters. The van der Waals surface area contributed by atoms with E-state index in [1.54, 1.807) is 11.9 Å². The van der Waals surface area contributed by atoms with Crippen molar-refractivity contribution in [3.63, 3.8) is 0 Å². The minimum Gasteiger partial charge on any atom is -0.479 e. The number of hydrogen-bond donors (Lipinski definition) is 3. The molecule has 3 N–H and O–H groups in total. The molecule has 1 aromatic carbocycles. The van der Waals surface area contributed by atoms with Crippen LogP contribution >= 0.6 is 0 Å². The highest BCUT2D eigenvalue weighted by molar-refractivity contribution is 5.99. The Balaban J connectivity index is 1.27. The Hall–Kier alpha value is -3.70. The van der Waals surface area contributed by atoms with Crippen LogP contribution in [-0.2, 0) is 22.2 Å². The quantitative estimate of drug-likeness (QED) is 0.478. The number of carboxylic acid groups (broad SMARTS) is 1. The number of carbonyl (C=O) groups excluding carboxylic acids is 2. The standard InChI is InChI=1S/C29H32F3N5O4/c1-14-7-15-9-18(8-14)28(12-15,26(40)41)36-25(39)21-13-34-27(35-23(21)29(30,31)32)37-6-5-17-10-16(3-4-22(17)37)19-11-20(19)24(38)33-2/h3-4,10,13-15,18-20H,5-9,11-12H2,1-2H3,(H,33,38)(H,36,39)(H,40,41). The van der Waals surface area contributed by atoms with E-state index in [0.717, 1.165) is 30.2 Å². The summed E-state index contributed by atoms with van der Waals surface area (Å²) in [7, 11) is 1.60. The minimum absolute atomic E-state index is 0.00541. The molecule has 6 unspecified atom stereocenters. The fourth-order valence-corrected chi connectivity index (χ4v) is 7.46. The van der Waals surface area contributed by atoms with Crippen molar-refractivity contribution in [2.45, 2.75) is 63.1 Å². The summed E-state index contributed by atoms with van der Waals surface area (Å²) >= 11 is 0. The number of aliphatic carboxylic acids is 1. The maximum Gasteiger partial charge on any atom is 0.434 e. The lowest BCUT2D eigenvalue weighted by atomic mass is 9.78. The molecule has 3 saturated carbocycles. The number of alkyl halides is 3. The fraction of sp³-hybridized carbons (Fsp3) is 0.552. The predicted molar refractivity (Wildman–Crippen MR) is 142 cm³/mol. The Morgan fingerprint density at radius 1 is 1.15 bits per heavy atom. The lowest BCUT2D eigenvalue weighted by Crippen LogP contribution is -2.57. The number of fused-ring (bicyclic) bond motifs is 3. The van der Waals surface area contributed by atoms with Gasteiger partial charge in [-0.2, -0.15) is 13.2 Å². The first-order chi connectivity index (χ1) is 19.4. The van der Waals surface area contributed by atoms with E-state index in [1.807, 2.05) is 25.1 Å². The summed E-state index contributed by atoms with van der Waals surface area (Å²) in [6, 6.07) is 5.67. The van der Waals surface area contributed by atoms with Crippen LogP contribution in [0.3, 0.4) is 0 Å². The molecular weight excluding hydrogens is 539 g/mol. The minimum atomic E-state index is -4.96. The zero-order valence-corrected chi connectivity index (χ0v) is 22.8. The van der Waals surface area contributed by atoms with E-state index in [0.29, 0.717) is 31.5 Å². The van der Waals surface area contributed by atoms with E-state index >= 15 is 0 Å². The first-order valence-corrected chi connectivity index (χ1v) is 14.0. The van der Waals surface area contributed by atoms with Crippen LogP contribution in [0.5, 0.6) is 0 Å². The molecule has 3 fully saturated rings. The predicted octanol–water partition coefficient (Wildman–Crippen LogP) is 4.05. The molecule has 1 aliphatic heterocycles. The molecule has 2 amide bonds. The molecule has 4 aliphatic rings. The Kier molecular flexibility index (Phi) is 6.50. The largest absolute Gasteiger partial charge is 0.479 e. The monoisotopic (exact) mass is 571 g/mol. The number of hydrogen-bond acceptors (Lipinski definition) is 6. The van der Waals surface area contributed by atoms with E-state index in [-0.39, 0.29) is 47.9 Å². The van der Waals surface area contributed by atoms with Crippen molar-refractivity contribution in [2.75, 3.05) is 18.5 Å². The number of nitrogens with one attached hydrogen (secondary N) is 2. The average Bonchev–Trinajstić information content (AvgIpc) is 3.54. The van der Waals surface area contributed by atoms with Crippen molar-refractivity contribution in [1.82, 2.24) is 20.6 Å². The molecule has 218 valence electrons. The van der Waals surface area contributed by atoms with Gasteiger partial charge in [-0.15, -0.1) is 0 Å². The summed E-state index contributed by atoms with van der Waals surface area (Å²) in [6.45, 7) is 2.38. The second kappa shape index (κ2) is 9.70. The number of benzene rings is 1. The van der Waals surface area contributed by atoms with Gasteiger partial charge in [-0.05, 0) is 79.4 Å². The zero-order valence-electron chi connectivity index (χ0n) is 22.8. The number of aromatic nitrogens is 2. The Morgan fingerprint density at radius 3 is 2.63 bits per heavy atom. The normalized spacial score (nSPS) is 30.1. The molecule has 0 saturated heterocycles. The summed E-state index contributed by atoms with van der Waals surface area (Å²) in [5.74, 6) is -2.45. The van der Waals surface area contributed by atoms with Crippen molar-refractivity contribution >= 4 is 29.4 Å². The van der Waals surface area contributed by atoms with Crippen LogP contribution in [0.2, 0.25) is 0 Å². The SMILES string of the molecule is CNC(=O)C1CC1c1ccc2c(c1)CCN2c1ncc(C(=O)NC2(C(=O)O)CC3CC(C)CC2C3)c(C(F)(F)F)n1. The van der Waals surface area contributed by atoms with Crippen LogP contribution in [0.1, 0.15) is 72.1 Å². The average molecular weight is 572 g/mol. The summed E-state index contributed by atoms with van der Waals surface area (Å²) in [6.07, 6.45) is -0.543. The van der Waals surface area contributed by atoms with Crippen molar-refractivity contribution in [1.29, 1.82) is 0 Å². The van der Waals surface area contributed by atoms with Crippen molar-refractivity contribution in [2.24, 2.45) is 23.7 Å². The lowest BCUT2D eigenvalue weighted by Gasteiger charge is -2.33. The Labute approximate surface area is 234 Å². The van der Waals surface area contributed by atoms with Gasteiger partial charge in [0.2, 0.25) is 11.9 Å². The van der Waals surface area contributed by atoms with Crippen LogP contribution in [0.15, 0.2) is 24.4 Å². The number of carboxylic acids is 1. The van der Waals surface area contributed by atoms with Gasteiger partial charge in [-0.3, -0.25) is 9.59 Å².